The molecule has 124 valence electrons. The number of ketones is 1. The largest absolute Gasteiger partial charge is 0.379 e. The van der Waals surface area contributed by atoms with Crippen LogP contribution in [-0.2, 0) is 4.74 Å². The fraction of sp³-hybridized carbons (Fsp3) is 0.421. The predicted molar refractivity (Wildman–Crippen MR) is 90.8 cm³/mol. The van der Waals surface area contributed by atoms with E-state index in [2.05, 4.69) is 6.07 Å². The van der Waals surface area contributed by atoms with E-state index in [9.17, 15) is 4.79 Å². The molecule has 0 spiro atoms. The van der Waals surface area contributed by atoms with E-state index in [1.54, 1.807) is 12.1 Å². The molecule has 1 aromatic carbocycles. The first-order valence-corrected chi connectivity index (χ1v) is 8.36. The van der Waals surface area contributed by atoms with E-state index in [0.717, 1.165) is 29.7 Å². The average molecular weight is 323 g/mol. The smallest absolute Gasteiger partial charge is 0.181 e. The average Bonchev–Trinajstić information content (AvgIpc) is 3.23. The number of nitriles is 1. The van der Waals surface area contributed by atoms with Crippen molar-refractivity contribution < 1.29 is 9.53 Å². The van der Waals surface area contributed by atoms with Crippen molar-refractivity contribution >= 4 is 5.78 Å². The van der Waals surface area contributed by atoms with Gasteiger partial charge in [0.1, 0.15) is 5.69 Å². The molecule has 5 nitrogen and oxygen atoms in total. The molecule has 2 aromatic rings. The minimum absolute atomic E-state index is 0.117. The summed E-state index contributed by atoms with van der Waals surface area (Å²) in [7, 11) is 0. The highest BCUT2D eigenvalue weighted by Crippen LogP contribution is 2.30. The Morgan fingerprint density at radius 1 is 1.42 bits per heavy atom. The van der Waals surface area contributed by atoms with Crippen LogP contribution in [0.1, 0.15) is 53.8 Å². The summed E-state index contributed by atoms with van der Waals surface area (Å²) in [6.45, 7) is 5.27. The molecule has 2 heterocycles. The molecule has 1 fully saturated rings. The molecule has 0 saturated carbocycles. The Labute approximate surface area is 141 Å². The minimum Gasteiger partial charge on any atom is -0.379 e. The Hall–Kier alpha value is -2.45. The van der Waals surface area contributed by atoms with Gasteiger partial charge >= 0.3 is 0 Å². The lowest BCUT2D eigenvalue weighted by molar-refractivity contribution is 0.0966. The SMILES string of the molecule is CCCC(=O)c1c(C)c(-c2ccc(C#N)cc2)nn1C1CCOC1. The van der Waals surface area contributed by atoms with E-state index in [0.29, 0.717) is 30.9 Å². The first-order chi connectivity index (χ1) is 11.7. The van der Waals surface area contributed by atoms with Gasteiger partial charge in [0.25, 0.3) is 0 Å². The second-order valence-corrected chi connectivity index (χ2v) is 6.15. The van der Waals surface area contributed by atoms with Crippen LogP contribution in [0, 0.1) is 18.3 Å². The maximum absolute atomic E-state index is 12.6. The summed E-state index contributed by atoms with van der Waals surface area (Å²) in [4.78, 5) is 12.6. The summed E-state index contributed by atoms with van der Waals surface area (Å²) >= 11 is 0. The lowest BCUT2D eigenvalue weighted by Crippen LogP contribution is -2.17. The number of Topliss-reactive ketones (excluding diaryl/α,β-unsaturated/α-hetero) is 1. The molecule has 0 radical (unpaired) electrons. The van der Waals surface area contributed by atoms with Crippen molar-refractivity contribution in [2.75, 3.05) is 13.2 Å². The van der Waals surface area contributed by atoms with Crippen LogP contribution >= 0.6 is 0 Å². The van der Waals surface area contributed by atoms with Crippen LogP contribution in [-0.4, -0.2) is 28.8 Å². The Morgan fingerprint density at radius 2 is 2.17 bits per heavy atom. The zero-order valence-corrected chi connectivity index (χ0v) is 14.1. The maximum Gasteiger partial charge on any atom is 0.181 e. The van der Waals surface area contributed by atoms with E-state index in [4.69, 9.17) is 15.1 Å². The fourth-order valence-electron chi connectivity index (χ4n) is 3.16. The van der Waals surface area contributed by atoms with Gasteiger partial charge in [-0.2, -0.15) is 10.4 Å². The molecule has 1 aromatic heterocycles. The highest BCUT2D eigenvalue weighted by molar-refractivity contribution is 5.97. The standard InChI is InChI=1S/C19H21N3O2/c1-3-4-17(23)19-13(2)18(15-7-5-14(11-20)6-8-15)21-22(19)16-9-10-24-12-16/h5-8,16H,3-4,9-10,12H2,1-2H3. The van der Waals surface area contributed by atoms with Gasteiger partial charge in [0.2, 0.25) is 0 Å². The molecular formula is C19H21N3O2. The molecule has 3 rings (SSSR count). The third kappa shape index (κ3) is 2.98. The number of carbonyl (C=O) groups excluding carboxylic acids is 1. The van der Waals surface area contributed by atoms with E-state index in [-0.39, 0.29) is 11.8 Å². The second-order valence-electron chi connectivity index (χ2n) is 6.15. The number of nitrogens with zero attached hydrogens (tertiary/aromatic N) is 3. The molecule has 0 bridgehead atoms. The first-order valence-electron chi connectivity index (χ1n) is 8.36. The van der Waals surface area contributed by atoms with Gasteiger partial charge in [0, 0.05) is 24.2 Å². The Kier molecular flexibility index (Phi) is 4.77. The molecule has 1 atom stereocenters. The van der Waals surface area contributed by atoms with Crippen molar-refractivity contribution in [1.82, 2.24) is 9.78 Å². The highest BCUT2D eigenvalue weighted by atomic mass is 16.5. The molecule has 0 amide bonds. The molecule has 1 unspecified atom stereocenters. The van der Waals surface area contributed by atoms with Gasteiger partial charge in [-0.3, -0.25) is 9.48 Å². The van der Waals surface area contributed by atoms with Gasteiger partial charge < -0.3 is 4.74 Å². The van der Waals surface area contributed by atoms with Crippen molar-refractivity contribution in [3.05, 3.63) is 41.1 Å². The monoisotopic (exact) mass is 323 g/mol. The van der Waals surface area contributed by atoms with Crippen molar-refractivity contribution in [2.45, 2.75) is 39.2 Å². The van der Waals surface area contributed by atoms with E-state index >= 15 is 0 Å². The zero-order chi connectivity index (χ0) is 17.1. The normalized spacial score (nSPS) is 17.0. The summed E-state index contributed by atoms with van der Waals surface area (Å²) in [6, 6.07) is 9.57. The van der Waals surface area contributed by atoms with Gasteiger partial charge in [-0.1, -0.05) is 19.1 Å². The van der Waals surface area contributed by atoms with Gasteiger partial charge in [-0.25, -0.2) is 0 Å². The number of aromatic nitrogens is 2. The summed E-state index contributed by atoms with van der Waals surface area (Å²) in [5, 5.41) is 13.7. The maximum atomic E-state index is 12.6. The Morgan fingerprint density at radius 3 is 2.75 bits per heavy atom. The third-order valence-electron chi connectivity index (χ3n) is 4.43. The summed E-state index contributed by atoms with van der Waals surface area (Å²) in [5.74, 6) is 0.134. The molecule has 0 N–H and O–H groups in total. The number of hydrogen-bond acceptors (Lipinski definition) is 4. The van der Waals surface area contributed by atoms with Crippen LogP contribution in [0.3, 0.4) is 0 Å². The van der Waals surface area contributed by atoms with E-state index < -0.39 is 0 Å². The molecule has 0 aliphatic carbocycles. The lowest BCUT2D eigenvalue weighted by atomic mass is 10.0. The minimum atomic E-state index is 0.117. The van der Waals surface area contributed by atoms with Gasteiger partial charge in [-0.15, -0.1) is 0 Å². The summed E-state index contributed by atoms with van der Waals surface area (Å²) in [5.41, 5.74) is 3.96. The Bertz CT molecular complexity index is 778. The topological polar surface area (TPSA) is 67.9 Å². The fourth-order valence-corrected chi connectivity index (χ4v) is 3.16. The summed E-state index contributed by atoms with van der Waals surface area (Å²) in [6.07, 6.45) is 2.21. The van der Waals surface area contributed by atoms with E-state index in [1.807, 2.05) is 30.7 Å². The third-order valence-corrected chi connectivity index (χ3v) is 4.43. The van der Waals surface area contributed by atoms with E-state index in [1.165, 1.54) is 0 Å². The molecular weight excluding hydrogens is 302 g/mol. The van der Waals surface area contributed by atoms with Gasteiger partial charge in [0.05, 0.1) is 30.0 Å². The Balaban J connectivity index is 2.08. The quantitative estimate of drug-likeness (QED) is 0.787. The highest BCUT2D eigenvalue weighted by Gasteiger charge is 2.27. The molecule has 1 aliphatic heterocycles. The molecule has 1 saturated heterocycles. The predicted octanol–water partition coefficient (Wildman–Crippen LogP) is 3.67. The van der Waals surface area contributed by atoms with Crippen molar-refractivity contribution in [2.24, 2.45) is 0 Å². The van der Waals surface area contributed by atoms with Crippen LogP contribution in [0.5, 0.6) is 0 Å². The molecule has 5 heteroatoms. The van der Waals surface area contributed by atoms with Crippen LogP contribution in [0.15, 0.2) is 24.3 Å². The number of carbonyl (C=O) groups is 1. The molecule has 24 heavy (non-hydrogen) atoms. The number of benzene rings is 1. The van der Waals surface area contributed by atoms with Crippen molar-refractivity contribution in [3.8, 4) is 17.3 Å². The zero-order valence-electron chi connectivity index (χ0n) is 14.1. The number of ether oxygens (including phenoxy) is 1. The number of rotatable bonds is 5. The van der Waals surface area contributed by atoms with Crippen LogP contribution in [0.4, 0.5) is 0 Å². The van der Waals surface area contributed by atoms with Crippen molar-refractivity contribution in [3.63, 3.8) is 0 Å². The van der Waals surface area contributed by atoms with Gasteiger partial charge in [-0.05, 0) is 31.9 Å². The summed E-state index contributed by atoms with van der Waals surface area (Å²) < 4.78 is 7.35. The lowest BCUT2D eigenvalue weighted by Gasteiger charge is -2.12. The van der Waals surface area contributed by atoms with Crippen LogP contribution in [0.2, 0.25) is 0 Å². The van der Waals surface area contributed by atoms with Crippen LogP contribution in [0.25, 0.3) is 11.3 Å². The molecule has 1 aliphatic rings. The van der Waals surface area contributed by atoms with Crippen molar-refractivity contribution in [1.29, 1.82) is 5.26 Å². The first kappa shape index (κ1) is 16.4. The number of hydrogen-bond donors (Lipinski definition) is 0. The second kappa shape index (κ2) is 6.98. The van der Waals surface area contributed by atoms with Gasteiger partial charge in [0.15, 0.2) is 5.78 Å². The van der Waals surface area contributed by atoms with Crippen LogP contribution < -0.4 is 0 Å².